The van der Waals surface area contributed by atoms with Crippen LogP contribution in [0.1, 0.15) is 34.1 Å². The molecule has 0 aromatic rings. The highest BCUT2D eigenvalue weighted by molar-refractivity contribution is 5.00. The molecule has 0 unspecified atom stereocenters. The molecule has 0 amide bonds. The molecule has 0 aliphatic carbocycles. The summed E-state index contributed by atoms with van der Waals surface area (Å²) >= 11 is 0. The Balaban J connectivity index is 0. The fourth-order valence-electron chi connectivity index (χ4n) is 0.326. The molecule has 0 atom stereocenters. The van der Waals surface area contributed by atoms with Gasteiger partial charge in [0.25, 0.3) is 0 Å². The van der Waals surface area contributed by atoms with Crippen molar-refractivity contribution in [2.45, 2.75) is 34.1 Å². The van der Waals surface area contributed by atoms with Crippen molar-refractivity contribution in [2.75, 3.05) is 0 Å². The van der Waals surface area contributed by atoms with Crippen LogP contribution in [0.2, 0.25) is 0 Å². The van der Waals surface area contributed by atoms with Crippen molar-refractivity contribution < 1.29 is 0 Å². The standard InChI is InChI=1S/C7H12.C2H6/c1-3-5-7-6-4-2;1-2/h3,5-7H,4H2,1-2H3;1-2H3/b5-3-,7-6-;. The largest absolute Gasteiger partial charge is 0.0877 e. The van der Waals surface area contributed by atoms with Crippen LogP contribution in [0.25, 0.3) is 0 Å². The summed E-state index contributed by atoms with van der Waals surface area (Å²) in [5, 5.41) is 0. The third-order valence-electron chi connectivity index (χ3n) is 0.675. The summed E-state index contributed by atoms with van der Waals surface area (Å²) in [6.07, 6.45) is 9.36. The van der Waals surface area contributed by atoms with Crippen LogP contribution in [0.5, 0.6) is 0 Å². The van der Waals surface area contributed by atoms with E-state index < -0.39 is 0 Å². The average molecular weight is 126 g/mol. The van der Waals surface area contributed by atoms with Gasteiger partial charge in [-0.25, -0.2) is 0 Å². The van der Waals surface area contributed by atoms with Crippen molar-refractivity contribution in [2.24, 2.45) is 0 Å². The summed E-state index contributed by atoms with van der Waals surface area (Å²) < 4.78 is 0. The number of allylic oxidation sites excluding steroid dienone is 4. The molecule has 0 N–H and O–H groups in total. The van der Waals surface area contributed by atoms with Crippen LogP contribution in [0.15, 0.2) is 24.3 Å². The second-order valence-electron chi connectivity index (χ2n) is 1.36. The third-order valence-corrected chi connectivity index (χ3v) is 0.675. The molecule has 0 spiro atoms. The van der Waals surface area contributed by atoms with Crippen LogP contribution in [0.4, 0.5) is 0 Å². The quantitative estimate of drug-likeness (QED) is 0.496. The van der Waals surface area contributed by atoms with Crippen molar-refractivity contribution in [3.63, 3.8) is 0 Å². The predicted octanol–water partition coefficient (Wildman–Crippen LogP) is 3.55. The summed E-state index contributed by atoms with van der Waals surface area (Å²) in [4.78, 5) is 0. The molecule has 0 nitrogen and oxygen atoms in total. The van der Waals surface area contributed by atoms with Crippen molar-refractivity contribution in [1.29, 1.82) is 0 Å². The van der Waals surface area contributed by atoms with Gasteiger partial charge in [0.1, 0.15) is 0 Å². The third kappa shape index (κ3) is 18.5. The molecule has 0 heterocycles. The lowest BCUT2D eigenvalue weighted by Crippen LogP contribution is -1.48. The minimum Gasteiger partial charge on any atom is -0.0877 e. The van der Waals surface area contributed by atoms with Gasteiger partial charge in [-0.3, -0.25) is 0 Å². The molecule has 0 aliphatic heterocycles. The Bertz CT molecular complexity index is 68.1. The molecule has 54 valence electrons. The molecule has 0 saturated heterocycles. The van der Waals surface area contributed by atoms with E-state index in [4.69, 9.17) is 0 Å². The Kier molecular flexibility index (Phi) is 19.6. The molecule has 0 aliphatic rings. The van der Waals surface area contributed by atoms with E-state index in [-0.39, 0.29) is 0 Å². The fraction of sp³-hybridized carbons (Fsp3) is 0.556. The second-order valence-corrected chi connectivity index (χ2v) is 1.36. The molecule has 0 radical (unpaired) electrons. The first-order valence-electron chi connectivity index (χ1n) is 3.69. The van der Waals surface area contributed by atoms with Crippen molar-refractivity contribution >= 4 is 0 Å². The van der Waals surface area contributed by atoms with Gasteiger partial charge < -0.3 is 0 Å². The number of hydrogen-bond donors (Lipinski definition) is 0. The molecule has 0 aromatic heterocycles. The van der Waals surface area contributed by atoms with Crippen LogP contribution >= 0.6 is 0 Å². The zero-order valence-electron chi connectivity index (χ0n) is 7.02. The normalized spacial score (nSPS) is 9.78. The lowest BCUT2D eigenvalue weighted by atomic mass is 10.4. The molecule has 0 heteroatoms. The van der Waals surface area contributed by atoms with Gasteiger partial charge in [0.15, 0.2) is 0 Å². The van der Waals surface area contributed by atoms with E-state index in [1.807, 2.05) is 32.9 Å². The first-order valence-corrected chi connectivity index (χ1v) is 3.69. The second kappa shape index (κ2) is 15.6. The maximum atomic E-state index is 2.12. The smallest absolute Gasteiger partial charge is 0.0376 e. The molecule has 0 bridgehead atoms. The number of rotatable bonds is 2. The zero-order valence-corrected chi connectivity index (χ0v) is 7.02. The first kappa shape index (κ1) is 11.3. The zero-order chi connectivity index (χ0) is 7.54. The predicted molar refractivity (Wildman–Crippen MR) is 45.6 cm³/mol. The van der Waals surface area contributed by atoms with E-state index in [1.54, 1.807) is 0 Å². The van der Waals surface area contributed by atoms with E-state index in [9.17, 15) is 0 Å². The van der Waals surface area contributed by atoms with Crippen molar-refractivity contribution in [3.8, 4) is 0 Å². The summed E-state index contributed by atoms with van der Waals surface area (Å²) in [7, 11) is 0. The topological polar surface area (TPSA) is 0 Å². The minimum atomic E-state index is 1.13. The van der Waals surface area contributed by atoms with Crippen LogP contribution in [0, 0.1) is 0 Å². The first-order chi connectivity index (χ1) is 4.41. The van der Waals surface area contributed by atoms with Gasteiger partial charge in [-0.2, -0.15) is 0 Å². The van der Waals surface area contributed by atoms with Crippen LogP contribution < -0.4 is 0 Å². The van der Waals surface area contributed by atoms with Gasteiger partial charge in [0.05, 0.1) is 0 Å². The SMILES string of the molecule is C/C=C\C=C/CC.CC. The maximum absolute atomic E-state index is 2.12. The summed E-state index contributed by atoms with van der Waals surface area (Å²) in [6, 6.07) is 0. The van der Waals surface area contributed by atoms with Gasteiger partial charge in [-0.15, -0.1) is 0 Å². The lowest BCUT2D eigenvalue weighted by molar-refractivity contribution is 1.22. The highest BCUT2D eigenvalue weighted by Crippen LogP contribution is 1.79. The van der Waals surface area contributed by atoms with E-state index in [0.717, 1.165) is 6.42 Å². The van der Waals surface area contributed by atoms with Gasteiger partial charge in [0, 0.05) is 0 Å². The Morgan fingerprint density at radius 1 is 1.11 bits per heavy atom. The molecule has 9 heavy (non-hydrogen) atoms. The Morgan fingerprint density at radius 3 is 2.00 bits per heavy atom. The number of hydrogen-bond acceptors (Lipinski definition) is 0. The Morgan fingerprint density at radius 2 is 1.67 bits per heavy atom. The van der Waals surface area contributed by atoms with E-state index in [0.29, 0.717) is 0 Å². The van der Waals surface area contributed by atoms with Crippen molar-refractivity contribution in [1.82, 2.24) is 0 Å². The maximum Gasteiger partial charge on any atom is -0.0376 e. The minimum absolute atomic E-state index is 1.13. The van der Waals surface area contributed by atoms with Crippen LogP contribution in [-0.4, -0.2) is 0 Å². The highest BCUT2D eigenvalue weighted by atomic mass is 13.6. The molecule has 0 saturated carbocycles. The lowest BCUT2D eigenvalue weighted by Gasteiger charge is -1.70. The molecular weight excluding hydrogens is 108 g/mol. The van der Waals surface area contributed by atoms with Gasteiger partial charge in [-0.1, -0.05) is 45.1 Å². The summed E-state index contributed by atoms with van der Waals surface area (Å²) in [5.74, 6) is 0. The van der Waals surface area contributed by atoms with E-state index in [2.05, 4.69) is 19.1 Å². The summed E-state index contributed by atoms with van der Waals surface area (Å²) in [5.41, 5.74) is 0. The monoisotopic (exact) mass is 126 g/mol. The van der Waals surface area contributed by atoms with E-state index >= 15 is 0 Å². The van der Waals surface area contributed by atoms with Gasteiger partial charge in [-0.05, 0) is 13.3 Å². The van der Waals surface area contributed by atoms with Crippen LogP contribution in [0.3, 0.4) is 0 Å². The van der Waals surface area contributed by atoms with E-state index in [1.165, 1.54) is 0 Å². The van der Waals surface area contributed by atoms with Crippen LogP contribution in [-0.2, 0) is 0 Å². The molecule has 0 fully saturated rings. The fourth-order valence-corrected chi connectivity index (χ4v) is 0.326. The highest BCUT2D eigenvalue weighted by Gasteiger charge is 1.57. The Hall–Kier alpha value is -0.520. The Labute approximate surface area is 59.3 Å². The molecule has 0 rings (SSSR count). The van der Waals surface area contributed by atoms with Gasteiger partial charge >= 0.3 is 0 Å². The summed E-state index contributed by atoms with van der Waals surface area (Å²) in [6.45, 7) is 8.14. The molecule has 0 aromatic carbocycles. The average Bonchev–Trinajstić information content (AvgIpc) is 1.94. The van der Waals surface area contributed by atoms with Gasteiger partial charge in [0.2, 0.25) is 0 Å². The van der Waals surface area contributed by atoms with Crippen molar-refractivity contribution in [3.05, 3.63) is 24.3 Å². The molecular formula is C9H18.